The second kappa shape index (κ2) is 11.6. The molecule has 30 heavy (non-hydrogen) atoms. The number of morpholine rings is 1. The molecule has 0 aliphatic carbocycles. The van der Waals surface area contributed by atoms with Crippen LogP contribution in [0, 0.1) is 11.3 Å². The molecule has 0 radical (unpaired) electrons. The molecule has 0 atom stereocenters. The zero-order chi connectivity index (χ0) is 21.9. The van der Waals surface area contributed by atoms with Crippen LogP contribution in [0.2, 0.25) is 0 Å². The van der Waals surface area contributed by atoms with E-state index in [0.29, 0.717) is 44.2 Å². The number of nitrogens with zero attached hydrogens (tertiary/aromatic N) is 3. The van der Waals surface area contributed by atoms with Crippen LogP contribution in [0.15, 0.2) is 29.8 Å². The third-order valence-electron chi connectivity index (χ3n) is 4.33. The van der Waals surface area contributed by atoms with Crippen LogP contribution < -0.4 is 4.74 Å². The lowest BCUT2D eigenvalue weighted by Gasteiger charge is -2.28. The van der Waals surface area contributed by atoms with Gasteiger partial charge >= 0.3 is 5.97 Å². The molecule has 9 nitrogen and oxygen atoms in total. The number of likely N-dealkylation sites (N-methyl/N-ethyl adjacent to an activating group) is 1. The van der Waals surface area contributed by atoms with Gasteiger partial charge in [-0.2, -0.15) is 5.26 Å². The van der Waals surface area contributed by atoms with Crippen LogP contribution in [0.25, 0.3) is 6.08 Å². The van der Waals surface area contributed by atoms with E-state index in [9.17, 15) is 19.6 Å². The summed E-state index contributed by atoms with van der Waals surface area (Å²) in [5.41, 5.74) is 0.380. The van der Waals surface area contributed by atoms with Crippen LogP contribution in [0.3, 0.4) is 0 Å². The minimum atomic E-state index is -0.910. The summed E-state index contributed by atoms with van der Waals surface area (Å²) >= 11 is 0. The van der Waals surface area contributed by atoms with E-state index >= 15 is 0 Å². The standard InChI is InChI=1S/C21H25N3O6/c1-3-29-18-6-4-16(5-7-18)12-17(13-22)21(27)30-15-20(26)23(2)14-19(25)24-8-10-28-11-9-24/h4-7,12H,3,8-11,14-15H2,1-2H3/b17-12+. The maximum atomic E-state index is 12.2. The second-order valence-electron chi connectivity index (χ2n) is 6.49. The summed E-state index contributed by atoms with van der Waals surface area (Å²) in [4.78, 5) is 39.3. The molecule has 0 aromatic heterocycles. The Kier molecular flexibility index (Phi) is 8.84. The average molecular weight is 415 g/mol. The van der Waals surface area contributed by atoms with Gasteiger partial charge in [-0.3, -0.25) is 9.59 Å². The van der Waals surface area contributed by atoms with E-state index in [0.717, 1.165) is 0 Å². The molecular formula is C21H25N3O6. The summed E-state index contributed by atoms with van der Waals surface area (Å²) in [6, 6.07) is 8.62. The first-order valence-electron chi connectivity index (χ1n) is 9.55. The van der Waals surface area contributed by atoms with Gasteiger partial charge in [0.1, 0.15) is 17.4 Å². The third kappa shape index (κ3) is 6.90. The van der Waals surface area contributed by atoms with E-state index in [1.54, 1.807) is 35.2 Å². The predicted octanol–water partition coefficient (Wildman–Crippen LogP) is 0.853. The van der Waals surface area contributed by atoms with Gasteiger partial charge in [-0.1, -0.05) is 12.1 Å². The molecular weight excluding hydrogens is 390 g/mol. The summed E-state index contributed by atoms with van der Waals surface area (Å²) < 4.78 is 15.5. The van der Waals surface area contributed by atoms with Gasteiger partial charge < -0.3 is 24.0 Å². The maximum absolute atomic E-state index is 12.2. The highest BCUT2D eigenvalue weighted by molar-refractivity contribution is 5.99. The van der Waals surface area contributed by atoms with E-state index in [1.807, 2.05) is 6.92 Å². The van der Waals surface area contributed by atoms with Crippen molar-refractivity contribution in [3.8, 4) is 11.8 Å². The number of amides is 2. The Morgan fingerprint density at radius 1 is 1.23 bits per heavy atom. The van der Waals surface area contributed by atoms with Crippen molar-refractivity contribution in [1.82, 2.24) is 9.80 Å². The fourth-order valence-electron chi connectivity index (χ4n) is 2.65. The summed E-state index contributed by atoms with van der Waals surface area (Å²) in [6.45, 7) is 3.63. The molecule has 0 saturated carbocycles. The summed E-state index contributed by atoms with van der Waals surface area (Å²) in [7, 11) is 1.45. The van der Waals surface area contributed by atoms with Crippen molar-refractivity contribution < 1.29 is 28.6 Å². The van der Waals surface area contributed by atoms with E-state index in [2.05, 4.69) is 0 Å². The molecule has 0 N–H and O–H groups in total. The summed E-state index contributed by atoms with van der Waals surface area (Å²) in [5.74, 6) is -0.972. The molecule has 1 heterocycles. The zero-order valence-corrected chi connectivity index (χ0v) is 17.1. The topological polar surface area (TPSA) is 109 Å². The first-order valence-corrected chi connectivity index (χ1v) is 9.55. The van der Waals surface area contributed by atoms with Crippen LogP contribution in [0.1, 0.15) is 12.5 Å². The van der Waals surface area contributed by atoms with Gasteiger partial charge in [-0.15, -0.1) is 0 Å². The van der Waals surface area contributed by atoms with Crippen molar-refractivity contribution in [2.24, 2.45) is 0 Å². The minimum absolute atomic E-state index is 0.122. The van der Waals surface area contributed by atoms with Crippen LogP contribution in [0.4, 0.5) is 0 Å². The Labute approximate surface area is 175 Å². The second-order valence-corrected chi connectivity index (χ2v) is 6.49. The number of carbonyl (C=O) groups excluding carboxylic acids is 3. The van der Waals surface area contributed by atoms with Gasteiger partial charge in [-0.05, 0) is 30.7 Å². The molecule has 0 spiro atoms. The Balaban J connectivity index is 1.86. The van der Waals surface area contributed by atoms with Crippen molar-refractivity contribution >= 4 is 23.9 Å². The molecule has 1 saturated heterocycles. The van der Waals surface area contributed by atoms with Crippen LogP contribution in [-0.2, 0) is 23.9 Å². The predicted molar refractivity (Wildman–Crippen MR) is 107 cm³/mol. The van der Waals surface area contributed by atoms with Crippen molar-refractivity contribution in [2.75, 3.05) is 53.1 Å². The summed E-state index contributed by atoms with van der Waals surface area (Å²) in [5, 5.41) is 9.23. The Morgan fingerprint density at radius 2 is 1.90 bits per heavy atom. The minimum Gasteiger partial charge on any atom is -0.494 e. The molecule has 1 aliphatic rings. The molecule has 2 rings (SSSR count). The Hall–Kier alpha value is -3.38. The van der Waals surface area contributed by atoms with Crippen molar-refractivity contribution in [3.05, 3.63) is 35.4 Å². The first-order chi connectivity index (χ1) is 14.4. The van der Waals surface area contributed by atoms with Crippen molar-refractivity contribution in [1.29, 1.82) is 5.26 Å². The van der Waals surface area contributed by atoms with Gasteiger partial charge in [0.2, 0.25) is 5.91 Å². The number of carbonyl (C=O) groups is 3. The molecule has 160 valence electrons. The highest BCUT2D eigenvalue weighted by Gasteiger charge is 2.21. The molecule has 1 aromatic rings. The highest BCUT2D eigenvalue weighted by Crippen LogP contribution is 2.15. The number of esters is 1. The highest BCUT2D eigenvalue weighted by atomic mass is 16.5. The van der Waals surface area contributed by atoms with E-state index in [1.165, 1.54) is 18.0 Å². The summed E-state index contributed by atoms with van der Waals surface area (Å²) in [6.07, 6.45) is 1.37. The van der Waals surface area contributed by atoms with Crippen molar-refractivity contribution in [2.45, 2.75) is 6.92 Å². The molecule has 1 aromatic carbocycles. The molecule has 1 aliphatic heterocycles. The quantitative estimate of drug-likeness (QED) is 0.352. The number of nitriles is 1. The molecule has 0 unspecified atom stereocenters. The fourth-order valence-corrected chi connectivity index (χ4v) is 2.65. The smallest absolute Gasteiger partial charge is 0.349 e. The normalized spacial score (nSPS) is 13.9. The molecule has 2 amide bonds. The molecule has 9 heteroatoms. The number of benzene rings is 1. The number of rotatable bonds is 8. The Bertz CT molecular complexity index is 822. The van der Waals surface area contributed by atoms with E-state index in [-0.39, 0.29) is 18.0 Å². The lowest BCUT2D eigenvalue weighted by molar-refractivity contribution is -0.150. The largest absolute Gasteiger partial charge is 0.494 e. The van der Waals surface area contributed by atoms with Gasteiger partial charge in [-0.25, -0.2) is 4.79 Å². The maximum Gasteiger partial charge on any atom is 0.349 e. The van der Waals surface area contributed by atoms with Gasteiger partial charge in [0.05, 0.1) is 26.4 Å². The van der Waals surface area contributed by atoms with Crippen molar-refractivity contribution in [3.63, 3.8) is 0 Å². The SMILES string of the molecule is CCOc1ccc(/C=C(\C#N)C(=O)OCC(=O)N(C)CC(=O)N2CCOCC2)cc1. The lowest BCUT2D eigenvalue weighted by atomic mass is 10.1. The lowest BCUT2D eigenvalue weighted by Crippen LogP contribution is -2.46. The third-order valence-corrected chi connectivity index (χ3v) is 4.33. The zero-order valence-electron chi connectivity index (χ0n) is 17.1. The monoisotopic (exact) mass is 415 g/mol. The number of hydrogen-bond donors (Lipinski definition) is 0. The van der Waals surface area contributed by atoms with Gasteiger partial charge in [0.25, 0.3) is 5.91 Å². The average Bonchev–Trinajstić information content (AvgIpc) is 2.77. The van der Waals surface area contributed by atoms with E-state index < -0.39 is 18.5 Å². The van der Waals surface area contributed by atoms with Crippen LogP contribution >= 0.6 is 0 Å². The van der Waals surface area contributed by atoms with Crippen LogP contribution in [0.5, 0.6) is 5.75 Å². The molecule has 0 bridgehead atoms. The molecule has 1 fully saturated rings. The number of ether oxygens (including phenoxy) is 3. The van der Waals surface area contributed by atoms with E-state index in [4.69, 9.17) is 14.2 Å². The van der Waals surface area contributed by atoms with Crippen LogP contribution in [-0.4, -0.2) is 80.7 Å². The van der Waals surface area contributed by atoms with Gasteiger partial charge in [0.15, 0.2) is 6.61 Å². The fraction of sp³-hybridized carbons (Fsp3) is 0.429. The number of hydrogen-bond acceptors (Lipinski definition) is 7. The Morgan fingerprint density at radius 3 is 2.50 bits per heavy atom. The van der Waals surface area contributed by atoms with Gasteiger partial charge in [0, 0.05) is 20.1 Å². The first kappa shape index (κ1) is 22.9.